The Bertz CT molecular complexity index is 1540. The zero-order valence-electron chi connectivity index (χ0n) is 36.6. The molecule has 350 valence electrons. The largest absolute Gasteiger partial charge is 0.396 e. The number of fused-ring (bicyclic) bond motifs is 7. The normalized spacial score (nSPS) is 55.2. The molecular formula is C45H74O16. The van der Waals surface area contributed by atoms with Crippen LogP contribution in [0.4, 0.5) is 0 Å². The molecule has 0 spiro atoms. The second kappa shape index (κ2) is 18.1. The number of hydrogen-bond acceptors (Lipinski definition) is 16. The number of hydrogen-bond donors (Lipinski definition) is 9. The average Bonchev–Trinajstić information content (AvgIpc) is 3.73. The van der Waals surface area contributed by atoms with Gasteiger partial charge < -0.3 is 79.1 Å². The summed E-state index contributed by atoms with van der Waals surface area (Å²) in [6, 6.07) is 0. The van der Waals surface area contributed by atoms with E-state index in [0.29, 0.717) is 42.4 Å². The Morgan fingerprint density at radius 3 is 1.97 bits per heavy atom. The fourth-order valence-electron chi connectivity index (χ4n) is 13.5. The first-order chi connectivity index (χ1) is 28.9. The lowest BCUT2D eigenvalue weighted by atomic mass is 9.47. The quantitative estimate of drug-likeness (QED) is 0.131. The molecule has 0 amide bonds. The van der Waals surface area contributed by atoms with E-state index in [2.05, 4.69) is 33.8 Å². The summed E-state index contributed by atoms with van der Waals surface area (Å²) in [5, 5.41) is 95.4. The van der Waals surface area contributed by atoms with Crippen LogP contribution in [0.3, 0.4) is 0 Å². The molecule has 7 fully saturated rings. The number of rotatable bonds is 11. The summed E-state index contributed by atoms with van der Waals surface area (Å²) in [5.74, 6) is 3.00. The number of aliphatic hydroxyl groups is 9. The second-order valence-corrected chi connectivity index (χ2v) is 20.8. The van der Waals surface area contributed by atoms with Crippen molar-refractivity contribution in [3.63, 3.8) is 0 Å². The second-order valence-electron chi connectivity index (χ2n) is 20.8. The van der Waals surface area contributed by atoms with Gasteiger partial charge in [0.2, 0.25) is 0 Å². The average molecular weight is 871 g/mol. The third-order valence-corrected chi connectivity index (χ3v) is 17.2. The lowest BCUT2D eigenvalue weighted by Gasteiger charge is -2.58. The minimum absolute atomic E-state index is 0.0179. The highest BCUT2D eigenvalue weighted by Gasteiger charge is 2.65. The molecule has 26 atom stereocenters. The highest BCUT2D eigenvalue weighted by Crippen LogP contribution is 2.69. The van der Waals surface area contributed by atoms with Crippen molar-refractivity contribution in [1.82, 2.24) is 0 Å². The smallest absolute Gasteiger partial charge is 0.187 e. The van der Waals surface area contributed by atoms with E-state index in [1.165, 1.54) is 25.8 Å². The van der Waals surface area contributed by atoms with Crippen molar-refractivity contribution in [3.8, 4) is 0 Å². The minimum Gasteiger partial charge on any atom is -0.396 e. The summed E-state index contributed by atoms with van der Waals surface area (Å²) >= 11 is 0. The molecule has 4 saturated heterocycles. The van der Waals surface area contributed by atoms with E-state index in [9.17, 15) is 46.0 Å². The van der Waals surface area contributed by atoms with Gasteiger partial charge >= 0.3 is 0 Å². The maximum atomic E-state index is 12.0. The molecule has 4 aliphatic heterocycles. The van der Waals surface area contributed by atoms with E-state index in [-0.39, 0.29) is 41.7 Å². The van der Waals surface area contributed by atoms with Gasteiger partial charge in [0.25, 0.3) is 0 Å². The molecule has 4 aliphatic carbocycles. The van der Waals surface area contributed by atoms with Gasteiger partial charge in [0.1, 0.15) is 61.0 Å². The van der Waals surface area contributed by atoms with Gasteiger partial charge in [-0.25, -0.2) is 0 Å². The standard InChI is InChI=1S/C45H74O16/c1-19(17-46)7-10-28-20(2)31-29(58-28)16-27-25-9-8-23-15-24(11-13-44(23,5)26(25)12-14-45(27,31)6)57-43-40(61-42-37(53)35(51)33(49)22(4)56-42)38(54)39(30(18-47)59-43)60-41-36(52)34(50)32(48)21(3)55-41/h8,19-22,24-43,46-54H,7,9-18H2,1-6H3/t19-,20-,21+,22+,24+,25-,26+,27+,28?,29+,30-,31+,32+,33+,34-,35-,36-,37-,38+,39-,40-,41+,42+,43-,44+,45+/m1/s1. The third-order valence-electron chi connectivity index (χ3n) is 17.2. The molecule has 0 bridgehead atoms. The summed E-state index contributed by atoms with van der Waals surface area (Å²) in [6.07, 6.45) is -10.2. The van der Waals surface area contributed by atoms with Crippen LogP contribution in [0.2, 0.25) is 0 Å². The summed E-state index contributed by atoms with van der Waals surface area (Å²) in [4.78, 5) is 0. The van der Waals surface area contributed by atoms with Crippen LogP contribution in [0.25, 0.3) is 0 Å². The van der Waals surface area contributed by atoms with Gasteiger partial charge in [-0.05, 0) is 118 Å². The van der Waals surface area contributed by atoms with Crippen molar-refractivity contribution < 1.29 is 79.1 Å². The number of aliphatic hydroxyl groups excluding tert-OH is 9. The Hall–Kier alpha value is -0.900. The van der Waals surface area contributed by atoms with E-state index in [1.807, 2.05) is 0 Å². The molecule has 16 nitrogen and oxygen atoms in total. The van der Waals surface area contributed by atoms with Gasteiger partial charge in [-0.1, -0.05) is 39.3 Å². The first-order valence-corrected chi connectivity index (χ1v) is 23.2. The Balaban J connectivity index is 0.978. The van der Waals surface area contributed by atoms with Gasteiger partial charge in [-0.3, -0.25) is 0 Å². The molecule has 0 aromatic heterocycles. The monoisotopic (exact) mass is 870 g/mol. The molecule has 8 rings (SSSR count). The summed E-state index contributed by atoms with van der Waals surface area (Å²) in [5.41, 5.74) is 1.56. The fourth-order valence-corrected chi connectivity index (χ4v) is 13.5. The zero-order chi connectivity index (χ0) is 43.9. The number of allylic oxidation sites excluding steroid dienone is 1. The summed E-state index contributed by atoms with van der Waals surface area (Å²) in [6.45, 7) is 12.0. The zero-order valence-corrected chi connectivity index (χ0v) is 36.6. The topological polar surface area (TPSA) is 247 Å². The van der Waals surface area contributed by atoms with Crippen molar-refractivity contribution >= 4 is 0 Å². The molecule has 0 radical (unpaired) electrons. The SMILES string of the molecule is C[C@@H](CO)CCC1O[C@H]2C[C@H]3[C@@H]4CC=C5C[C@@H](O[C@@H]6O[C@H](CO)[C@@H](O[C@@H]7O[C@@H](C)[C@H](O)[C@@H](O)[C@H]7O)[C@H](O)[C@H]6O[C@@H]6O[C@@H](C)[C@H](O)[C@@H](O)[C@H]6O)CC[C@]5(C)[C@H]4CC[C@]3(C)[C@H]2[C@@H]1C. The van der Waals surface area contributed by atoms with Crippen LogP contribution >= 0.6 is 0 Å². The lowest BCUT2D eigenvalue weighted by molar-refractivity contribution is -0.388. The maximum Gasteiger partial charge on any atom is 0.187 e. The molecule has 4 heterocycles. The predicted molar refractivity (Wildman–Crippen MR) is 215 cm³/mol. The van der Waals surface area contributed by atoms with Gasteiger partial charge in [0.15, 0.2) is 18.9 Å². The van der Waals surface area contributed by atoms with E-state index in [4.69, 9.17) is 33.2 Å². The van der Waals surface area contributed by atoms with E-state index < -0.39 is 98.7 Å². The van der Waals surface area contributed by atoms with Gasteiger partial charge in [0.05, 0.1) is 37.1 Å². The van der Waals surface area contributed by atoms with Crippen LogP contribution in [0.5, 0.6) is 0 Å². The Kier molecular flexibility index (Phi) is 13.8. The van der Waals surface area contributed by atoms with Crippen molar-refractivity contribution in [3.05, 3.63) is 11.6 Å². The molecule has 0 aromatic rings. The molecular weight excluding hydrogens is 796 g/mol. The summed E-state index contributed by atoms with van der Waals surface area (Å²) in [7, 11) is 0. The van der Waals surface area contributed by atoms with E-state index in [1.54, 1.807) is 0 Å². The fraction of sp³-hybridized carbons (Fsp3) is 0.956. The highest BCUT2D eigenvalue weighted by molar-refractivity contribution is 5.26. The Morgan fingerprint density at radius 2 is 1.34 bits per heavy atom. The first-order valence-electron chi connectivity index (χ1n) is 23.2. The molecule has 16 heteroatoms. The van der Waals surface area contributed by atoms with Crippen molar-refractivity contribution in [1.29, 1.82) is 0 Å². The van der Waals surface area contributed by atoms with Gasteiger partial charge in [-0.15, -0.1) is 0 Å². The Labute approximate surface area is 359 Å². The molecule has 9 N–H and O–H groups in total. The van der Waals surface area contributed by atoms with E-state index >= 15 is 0 Å². The molecule has 3 saturated carbocycles. The molecule has 0 aromatic carbocycles. The Morgan fingerprint density at radius 1 is 0.705 bits per heavy atom. The van der Waals surface area contributed by atoms with E-state index in [0.717, 1.165) is 38.5 Å². The minimum atomic E-state index is -1.71. The predicted octanol–water partition coefficient (Wildman–Crippen LogP) is 0.876. The van der Waals surface area contributed by atoms with Crippen molar-refractivity contribution in [2.24, 2.45) is 46.3 Å². The van der Waals surface area contributed by atoms with Crippen LogP contribution in [0.15, 0.2) is 11.6 Å². The molecule has 8 aliphatic rings. The highest BCUT2D eigenvalue weighted by atomic mass is 16.8. The van der Waals surface area contributed by atoms with Crippen molar-refractivity contribution in [2.75, 3.05) is 13.2 Å². The van der Waals surface area contributed by atoms with Crippen LogP contribution < -0.4 is 0 Å². The van der Waals surface area contributed by atoms with Crippen LogP contribution in [0, 0.1) is 46.3 Å². The molecule has 61 heavy (non-hydrogen) atoms. The lowest BCUT2D eigenvalue weighted by Crippen LogP contribution is -2.66. The van der Waals surface area contributed by atoms with Crippen molar-refractivity contribution in [2.45, 2.75) is 210 Å². The number of ether oxygens (including phenoxy) is 7. The maximum absolute atomic E-state index is 12.0. The first kappa shape index (κ1) is 46.6. The third kappa shape index (κ3) is 8.22. The van der Waals surface area contributed by atoms with Crippen LogP contribution in [0.1, 0.15) is 99.3 Å². The van der Waals surface area contributed by atoms with Gasteiger partial charge in [0, 0.05) is 6.61 Å². The molecule has 1 unspecified atom stereocenters. The summed E-state index contributed by atoms with van der Waals surface area (Å²) < 4.78 is 43.4. The van der Waals surface area contributed by atoms with Gasteiger partial charge in [-0.2, -0.15) is 0 Å². The van der Waals surface area contributed by atoms with Crippen LogP contribution in [-0.2, 0) is 33.2 Å². The van der Waals surface area contributed by atoms with Crippen LogP contribution in [-0.4, -0.2) is 170 Å².